The molecule has 2 aliphatic carbocycles. The lowest BCUT2D eigenvalue weighted by molar-refractivity contribution is 0.0739. The maximum absolute atomic E-state index is 12.8. The van der Waals surface area contributed by atoms with Crippen LogP contribution in [0.2, 0.25) is 0 Å². The van der Waals surface area contributed by atoms with E-state index in [2.05, 4.69) is 22.3 Å². The summed E-state index contributed by atoms with van der Waals surface area (Å²) in [4.78, 5) is 14.9. The third-order valence-electron chi connectivity index (χ3n) is 4.70. The van der Waals surface area contributed by atoms with Gasteiger partial charge in [0.15, 0.2) is 0 Å². The van der Waals surface area contributed by atoms with Crippen LogP contribution in [0.5, 0.6) is 0 Å². The second-order valence-corrected chi connectivity index (χ2v) is 6.65. The summed E-state index contributed by atoms with van der Waals surface area (Å²) in [6, 6.07) is 6.19. The molecule has 3 nitrogen and oxygen atoms in total. The van der Waals surface area contributed by atoms with Crippen LogP contribution < -0.4 is 5.32 Å². The number of rotatable bonds is 5. The highest BCUT2D eigenvalue weighted by atomic mass is 16.2. The van der Waals surface area contributed by atoms with Crippen molar-refractivity contribution in [2.24, 2.45) is 11.8 Å². The van der Waals surface area contributed by atoms with E-state index in [1.807, 2.05) is 6.07 Å². The second-order valence-electron chi connectivity index (χ2n) is 6.65. The maximum Gasteiger partial charge on any atom is 0.253 e. The van der Waals surface area contributed by atoms with E-state index in [1.54, 1.807) is 0 Å². The van der Waals surface area contributed by atoms with Crippen molar-refractivity contribution in [3.8, 4) is 0 Å². The number of carbonyl (C=O) groups is 1. The van der Waals surface area contributed by atoms with Gasteiger partial charge in [-0.15, -0.1) is 0 Å². The molecule has 0 bridgehead atoms. The number of amides is 1. The van der Waals surface area contributed by atoms with Crippen LogP contribution in [0.1, 0.15) is 41.6 Å². The molecule has 0 atom stereocenters. The van der Waals surface area contributed by atoms with E-state index in [1.165, 1.54) is 31.2 Å². The van der Waals surface area contributed by atoms with Crippen LogP contribution in [-0.2, 0) is 6.42 Å². The molecule has 0 aromatic heterocycles. The zero-order valence-electron chi connectivity index (χ0n) is 11.9. The Labute approximate surface area is 120 Å². The highest BCUT2D eigenvalue weighted by Crippen LogP contribution is 2.34. The molecule has 3 aliphatic rings. The van der Waals surface area contributed by atoms with E-state index < -0.39 is 0 Å². The molecule has 20 heavy (non-hydrogen) atoms. The summed E-state index contributed by atoms with van der Waals surface area (Å²) < 4.78 is 0. The van der Waals surface area contributed by atoms with Gasteiger partial charge in [-0.3, -0.25) is 4.79 Å². The quantitative estimate of drug-likeness (QED) is 0.892. The van der Waals surface area contributed by atoms with Crippen LogP contribution in [0, 0.1) is 11.8 Å². The van der Waals surface area contributed by atoms with Crippen LogP contribution in [0.4, 0.5) is 5.69 Å². The molecule has 1 N–H and O–H groups in total. The van der Waals surface area contributed by atoms with Gasteiger partial charge in [0.2, 0.25) is 0 Å². The van der Waals surface area contributed by atoms with E-state index in [9.17, 15) is 4.79 Å². The zero-order valence-corrected chi connectivity index (χ0v) is 11.9. The van der Waals surface area contributed by atoms with E-state index in [0.29, 0.717) is 0 Å². The molecule has 4 rings (SSSR count). The number of nitrogens with one attached hydrogen (secondary N) is 1. The maximum atomic E-state index is 12.8. The van der Waals surface area contributed by atoms with Crippen molar-refractivity contribution in [3.05, 3.63) is 29.3 Å². The van der Waals surface area contributed by atoms with Crippen molar-refractivity contribution >= 4 is 11.6 Å². The van der Waals surface area contributed by atoms with Crippen LogP contribution in [-0.4, -0.2) is 30.4 Å². The zero-order chi connectivity index (χ0) is 13.5. The fraction of sp³-hybridized carbons (Fsp3) is 0.588. The van der Waals surface area contributed by atoms with Crippen LogP contribution in [0.3, 0.4) is 0 Å². The molecule has 0 radical (unpaired) electrons. The van der Waals surface area contributed by atoms with Gasteiger partial charge in [-0.1, -0.05) is 6.07 Å². The first-order valence-corrected chi connectivity index (χ1v) is 7.95. The Morgan fingerprint density at radius 3 is 2.50 bits per heavy atom. The van der Waals surface area contributed by atoms with Gasteiger partial charge in [-0.05, 0) is 61.6 Å². The number of nitrogens with zero attached hydrogens (tertiary/aromatic N) is 1. The predicted octanol–water partition coefficient (Wildman–Crippen LogP) is 2.92. The first-order chi connectivity index (χ1) is 9.79. The standard InChI is InChI=1S/C17H22N2O/c20-17(15-6-5-14-7-8-18-16(14)9-15)19(10-12-1-2-12)11-13-3-4-13/h5-6,9,12-13,18H,1-4,7-8,10-11H2. The average molecular weight is 270 g/mol. The van der Waals surface area contributed by atoms with Crippen molar-refractivity contribution in [2.45, 2.75) is 32.1 Å². The van der Waals surface area contributed by atoms with Gasteiger partial charge < -0.3 is 10.2 Å². The molecular weight excluding hydrogens is 248 g/mol. The van der Waals surface area contributed by atoms with Crippen molar-refractivity contribution in [3.63, 3.8) is 0 Å². The summed E-state index contributed by atoms with van der Waals surface area (Å²) in [6.45, 7) is 2.94. The van der Waals surface area contributed by atoms with Gasteiger partial charge in [0, 0.05) is 30.9 Å². The molecule has 1 aliphatic heterocycles. The lowest BCUT2D eigenvalue weighted by atomic mass is 10.1. The van der Waals surface area contributed by atoms with E-state index >= 15 is 0 Å². The summed E-state index contributed by atoms with van der Waals surface area (Å²) in [7, 11) is 0. The second kappa shape index (κ2) is 4.80. The lowest BCUT2D eigenvalue weighted by Gasteiger charge is -2.23. The van der Waals surface area contributed by atoms with Crippen LogP contribution in [0.25, 0.3) is 0 Å². The Hall–Kier alpha value is -1.51. The normalized spacial score (nSPS) is 20.4. The fourth-order valence-corrected chi connectivity index (χ4v) is 3.07. The molecule has 0 spiro atoms. The molecule has 1 heterocycles. The van der Waals surface area contributed by atoms with Crippen molar-refractivity contribution in [1.29, 1.82) is 0 Å². The Bertz CT molecular complexity index is 518. The fourth-order valence-electron chi connectivity index (χ4n) is 3.07. The summed E-state index contributed by atoms with van der Waals surface area (Å²) in [5, 5.41) is 3.37. The minimum absolute atomic E-state index is 0.236. The van der Waals surface area contributed by atoms with Crippen molar-refractivity contribution < 1.29 is 4.79 Å². The van der Waals surface area contributed by atoms with Crippen molar-refractivity contribution in [1.82, 2.24) is 4.90 Å². The predicted molar refractivity (Wildman–Crippen MR) is 80.0 cm³/mol. The summed E-state index contributed by atoms with van der Waals surface area (Å²) in [5.74, 6) is 1.77. The topological polar surface area (TPSA) is 32.3 Å². The molecule has 0 unspecified atom stereocenters. The molecule has 3 heteroatoms. The van der Waals surface area contributed by atoms with E-state index in [4.69, 9.17) is 0 Å². The number of hydrogen-bond acceptors (Lipinski definition) is 2. The van der Waals surface area contributed by atoms with Gasteiger partial charge in [0.1, 0.15) is 0 Å². The van der Waals surface area contributed by atoms with Gasteiger partial charge in [0.05, 0.1) is 0 Å². The lowest BCUT2D eigenvalue weighted by Crippen LogP contribution is -2.34. The van der Waals surface area contributed by atoms with Crippen molar-refractivity contribution in [2.75, 3.05) is 25.0 Å². The summed E-state index contributed by atoms with van der Waals surface area (Å²) >= 11 is 0. The Balaban J connectivity index is 1.53. The number of carbonyl (C=O) groups excluding carboxylic acids is 1. The highest BCUT2D eigenvalue weighted by Gasteiger charge is 2.32. The third-order valence-corrected chi connectivity index (χ3v) is 4.70. The Morgan fingerprint density at radius 2 is 1.85 bits per heavy atom. The molecule has 1 aromatic rings. The smallest absolute Gasteiger partial charge is 0.253 e. The number of anilines is 1. The van der Waals surface area contributed by atoms with E-state index in [0.717, 1.165) is 49.1 Å². The van der Waals surface area contributed by atoms with Gasteiger partial charge in [-0.25, -0.2) is 0 Å². The first kappa shape index (κ1) is 12.2. The minimum Gasteiger partial charge on any atom is -0.384 e. The SMILES string of the molecule is O=C(c1ccc2c(c1)NCC2)N(CC1CC1)CC1CC1. The molecule has 1 aromatic carbocycles. The monoisotopic (exact) mass is 270 g/mol. The molecule has 1 amide bonds. The molecule has 2 fully saturated rings. The number of benzene rings is 1. The number of hydrogen-bond donors (Lipinski definition) is 1. The average Bonchev–Trinajstić information content (AvgIpc) is 3.38. The molecule has 2 saturated carbocycles. The molecular formula is C17H22N2O. The minimum atomic E-state index is 0.236. The Kier molecular flexibility index (Phi) is 2.94. The summed E-state index contributed by atoms with van der Waals surface area (Å²) in [6.07, 6.45) is 6.30. The largest absolute Gasteiger partial charge is 0.384 e. The van der Waals surface area contributed by atoms with Crippen LogP contribution >= 0.6 is 0 Å². The first-order valence-electron chi connectivity index (χ1n) is 7.95. The third kappa shape index (κ3) is 2.54. The van der Waals surface area contributed by atoms with E-state index in [-0.39, 0.29) is 5.91 Å². The van der Waals surface area contributed by atoms with Gasteiger partial charge >= 0.3 is 0 Å². The molecule has 106 valence electrons. The molecule has 0 saturated heterocycles. The highest BCUT2D eigenvalue weighted by molar-refractivity contribution is 5.95. The van der Waals surface area contributed by atoms with Crippen LogP contribution in [0.15, 0.2) is 18.2 Å². The van der Waals surface area contributed by atoms with Gasteiger partial charge in [-0.2, -0.15) is 0 Å². The Morgan fingerprint density at radius 1 is 1.15 bits per heavy atom. The summed E-state index contributed by atoms with van der Waals surface area (Å²) in [5.41, 5.74) is 3.37. The number of fused-ring (bicyclic) bond motifs is 1. The van der Waals surface area contributed by atoms with Gasteiger partial charge in [0.25, 0.3) is 5.91 Å².